The molecule has 0 radical (unpaired) electrons. The van der Waals surface area contributed by atoms with Crippen LogP contribution in [0.4, 0.5) is 5.69 Å². The average molecular weight is 222 g/mol. The number of pyridine rings is 1. The minimum atomic E-state index is 0.121. The van der Waals surface area contributed by atoms with Crippen LogP contribution < -0.4 is 14.8 Å². The van der Waals surface area contributed by atoms with Gasteiger partial charge in [-0.3, -0.25) is 4.98 Å². The van der Waals surface area contributed by atoms with Crippen LogP contribution >= 0.6 is 0 Å². The van der Waals surface area contributed by atoms with Crippen molar-refractivity contribution in [2.24, 2.45) is 0 Å². The lowest BCUT2D eigenvalue weighted by Crippen LogP contribution is -2.10. The molecule has 1 saturated carbocycles. The van der Waals surface area contributed by atoms with Crippen molar-refractivity contribution in [1.29, 1.82) is 0 Å². The standard InChI is InChI=1S/C12H18N2O2/c1-8(2)15-12-10(13-3)6-14-7-11(12)16-9-4-5-9/h6-9,13H,4-5H2,1-3H3. The third-order valence-electron chi connectivity index (χ3n) is 2.30. The third-order valence-corrected chi connectivity index (χ3v) is 2.30. The molecule has 1 aromatic heterocycles. The van der Waals surface area contributed by atoms with Crippen LogP contribution in [0.1, 0.15) is 26.7 Å². The lowest BCUT2D eigenvalue weighted by atomic mass is 10.3. The van der Waals surface area contributed by atoms with Gasteiger partial charge in [0.1, 0.15) is 0 Å². The Kier molecular flexibility index (Phi) is 3.17. The van der Waals surface area contributed by atoms with Gasteiger partial charge in [0, 0.05) is 7.05 Å². The number of rotatable bonds is 5. The van der Waals surface area contributed by atoms with Crippen molar-refractivity contribution < 1.29 is 9.47 Å². The molecule has 1 fully saturated rings. The van der Waals surface area contributed by atoms with E-state index < -0.39 is 0 Å². The summed E-state index contributed by atoms with van der Waals surface area (Å²) in [5.41, 5.74) is 0.867. The van der Waals surface area contributed by atoms with E-state index in [1.165, 1.54) is 0 Å². The van der Waals surface area contributed by atoms with Gasteiger partial charge in [-0.1, -0.05) is 0 Å². The number of hydrogen-bond donors (Lipinski definition) is 1. The fourth-order valence-corrected chi connectivity index (χ4v) is 1.41. The summed E-state index contributed by atoms with van der Waals surface area (Å²) in [6.45, 7) is 4.00. The van der Waals surface area contributed by atoms with Gasteiger partial charge in [0.15, 0.2) is 11.5 Å². The van der Waals surface area contributed by atoms with E-state index in [1.807, 2.05) is 20.9 Å². The molecule has 1 aliphatic carbocycles. The Morgan fingerprint density at radius 1 is 1.38 bits per heavy atom. The molecular formula is C12H18N2O2. The topological polar surface area (TPSA) is 43.4 Å². The van der Waals surface area contributed by atoms with Gasteiger partial charge in [0.05, 0.1) is 30.3 Å². The van der Waals surface area contributed by atoms with Gasteiger partial charge < -0.3 is 14.8 Å². The van der Waals surface area contributed by atoms with E-state index in [9.17, 15) is 0 Å². The van der Waals surface area contributed by atoms with E-state index in [-0.39, 0.29) is 6.10 Å². The number of nitrogens with one attached hydrogen (secondary N) is 1. The molecular weight excluding hydrogens is 204 g/mol. The molecule has 0 aliphatic heterocycles. The third kappa shape index (κ3) is 2.56. The van der Waals surface area contributed by atoms with Crippen molar-refractivity contribution in [3.05, 3.63) is 12.4 Å². The summed E-state index contributed by atoms with van der Waals surface area (Å²) >= 11 is 0. The highest BCUT2D eigenvalue weighted by Crippen LogP contribution is 2.38. The average Bonchev–Trinajstić information content (AvgIpc) is 3.04. The number of hydrogen-bond acceptors (Lipinski definition) is 4. The van der Waals surface area contributed by atoms with Gasteiger partial charge in [0.2, 0.25) is 0 Å². The normalized spacial score (nSPS) is 15.0. The Morgan fingerprint density at radius 3 is 2.69 bits per heavy atom. The van der Waals surface area contributed by atoms with Crippen molar-refractivity contribution in [3.63, 3.8) is 0 Å². The lowest BCUT2D eigenvalue weighted by Gasteiger charge is -2.17. The molecule has 0 spiro atoms. The maximum absolute atomic E-state index is 5.77. The zero-order valence-corrected chi connectivity index (χ0v) is 9.99. The molecule has 1 aromatic rings. The quantitative estimate of drug-likeness (QED) is 0.831. The monoisotopic (exact) mass is 222 g/mol. The van der Waals surface area contributed by atoms with Crippen molar-refractivity contribution >= 4 is 5.69 Å². The smallest absolute Gasteiger partial charge is 0.187 e. The number of anilines is 1. The first kappa shape index (κ1) is 11.0. The molecule has 1 N–H and O–H groups in total. The molecule has 0 unspecified atom stereocenters. The lowest BCUT2D eigenvalue weighted by molar-refractivity contribution is 0.218. The van der Waals surface area contributed by atoms with Gasteiger partial charge in [-0.05, 0) is 26.7 Å². The van der Waals surface area contributed by atoms with E-state index in [2.05, 4.69) is 10.3 Å². The summed E-state index contributed by atoms with van der Waals surface area (Å²) in [5.74, 6) is 1.50. The molecule has 88 valence electrons. The maximum atomic E-state index is 5.77. The Balaban J connectivity index is 2.25. The Morgan fingerprint density at radius 2 is 2.12 bits per heavy atom. The van der Waals surface area contributed by atoms with Crippen LogP contribution in [0.15, 0.2) is 12.4 Å². The molecule has 1 heterocycles. The SMILES string of the molecule is CNc1cncc(OC2CC2)c1OC(C)C. The maximum Gasteiger partial charge on any atom is 0.187 e. The molecule has 0 atom stereocenters. The summed E-state index contributed by atoms with van der Waals surface area (Å²) in [4.78, 5) is 4.14. The Bertz CT molecular complexity index is 362. The minimum absolute atomic E-state index is 0.121. The zero-order valence-electron chi connectivity index (χ0n) is 9.99. The fraction of sp³-hybridized carbons (Fsp3) is 0.583. The van der Waals surface area contributed by atoms with E-state index in [1.54, 1.807) is 12.4 Å². The second-order valence-electron chi connectivity index (χ2n) is 4.25. The highest BCUT2D eigenvalue weighted by molar-refractivity contribution is 5.61. The van der Waals surface area contributed by atoms with Gasteiger partial charge >= 0.3 is 0 Å². The summed E-state index contributed by atoms with van der Waals surface area (Å²) in [6, 6.07) is 0. The van der Waals surface area contributed by atoms with Crippen LogP contribution in [0.25, 0.3) is 0 Å². The summed E-state index contributed by atoms with van der Waals surface area (Å²) in [7, 11) is 1.85. The van der Waals surface area contributed by atoms with Crippen molar-refractivity contribution in [2.45, 2.75) is 38.9 Å². The zero-order chi connectivity index (χ0) is 11.5. The summed E-state index contributed by atoms with van der Waals surface area (Å²) < 4.78 is 11.5. The van der Waals surface area contributed by atoms with Crippen molar-refractivity contribution in [3.8, 4) is 11.5 Å². The second-order valence-corrected chi connectivity index (χ2v) is 4.25. The van der Waals surface area contributed by atoms with Crippen LogP contribution in [0.2, 0.25) is 0 Å². The van der Waals surface area contributed by atoms with Gasteiger partial charge in [-0.2, -0.15) is 0 Å². The highest BCUT2D eigenvalue weighted by Gasteiger charge is 2.26. The fourth-order valence-electron chi connectivity index (χ4n) is 1.41. The molecule has 4 nitrogen and oxygen atoms in total. The van der Waals surface area contributed by atoms with Gasteiger partial charge in [0.25, 0.3) is 0 Å². The van der Waals surface area contributed by atoms with E-state index in [4.69, 9.17) is 9.47 Å². The molecule has 0 saturated heterocycles. The van der Waals surface area contributed by atoms with Crippen LogP contribution in [0.3, 0.4) is 0 Å². The van der Waals surface area contributed by atoms with Crippen LogP contribution in [0, 0.1) is 0 Å². The van der Waals surface area contributed by atoms with E-state index in [0.717, 1.165) is 30.0 Å². The number of nitrogens with zero attached hydrogens (tertiary/aromatic N) is 1. The summed E-state index contributed by atoms with van der Waals surface area (Å²) in [5, 5.41) is 3.07. The number of aromatic nitrogens is 1. The Hall–Kier alpha value is -1.45. The van der Waals surface area contributed by atoms with Crippen LogP contribution in [-0.4, -0.2) is 24.2 Å². The second kappa shape index (κ2) is 4.60. The highest BCUT2D eigenvalue weighted by atomic mass is 16.5. The van der Waals surface area contributed by atoms with Gasteiger partial charge in [-0.25, -0.2) is 0 Å². The van der Waals surface area contributed by atoms with Crippen molar-refractivity contribution in [1.82, 2.24) is 4.98 Å². The predicted molar refractivity (Wildman–Crippen MR) is 63.2 cm³/mol. The molecule has 2 rings (SSSR count). The van der Waals surface area contributed by atoms with Crippen LogP contribution in [-0.2, 0) is 0 Å². The molecule has 16 heavy (non-hydrogen) atoms. The first-order valence-electron chi connectivity index (χ1n) is 5.69. The summed E-state index contributed by atoms with van der Waals surface area (Å²) in [6.07, 6.45) is 6.20. The molecule has 4 heteroatoms. The first-order chi connectivity index (χ1) is 7.70. The molecule has 0 aromatic carbocycles. The molecule has 1 aliphatic rings. The van der Waals surface area contributed by atoms with E-state index in [0.29, 0.717) is 6.10 Å². The number of ether oxygens (including phenoxy) is 2. The minimum Gasteiger partial charge on any atom is -0.485 e. The largest absolute Gasteiger partial charge is 0.485 e. The predicted octanol–water partition coefficient (Wildman–Crippen LogP) is 2.45. The van der Waals surface area contributed by atoms with Crippen molar-refractivity contribution in [2.75, 3.05) is 12.4 Å². The van der Waals surface area contributed by atoms with E-state index >= 15 is 0 Å². The molecule has 0 bridgehead atoms. The van der Waals surface area contributed by atoms with Gasteiger partial charge in [-0.15, -0.1) is 0 Å². The first-order valence-corrected chi connectivity index (χ1v) is 5.69. The Labute approximate surface area is 96.0 Å². The van der Waals surface area contributed by atoms with Crippen LogP contribution in [0.5, 0.6) is 11.5 Å². The molecule has 0 amide bonds.